The van der Waals surface area contributed by atoms with E-state index in [1.165, 1.54) is 0 Å². The van der Waals surface area contributed by atoms with Gasteiger partial charge in [-0.2, -0.15) is 0 Å². The fourth-order valence-corrected chi connectivity index (χ4v) is 2.80. The molecule has 8 heteroatoms. The summed E-state index contributed by atoms with van der Waals surface area (Å²) in [6, 6.07) is 0.0708. The quantitative estimate of drug-likeness (QED) is 0.682. The third-order valence-corrected chi connectivity index (χ3v) is 4.43. The summed E-state index contributed by atoms with van der Waals surface area (Å²) >= 11 is 0. The highest BCUT2D eigenvalue weighted by molar-refractivity contribution is 5.90. The summed E-state index contributed by atoms with van der Waals surface area (Å²) in [7, 11) is 0. The SMILES string of the molecule is C[C@@H]1[C@@H](C)CCC[C@H]1NC(=O)COC(=O)c1c[nH]c(=O)[nH]c1=O. The van der Waals surface area contributed by atoms with E-state index < -0.39 is 29.7 Å². The number of esters is 1. The second-order valence-corrected chi connectivity index (χ2v) is 6.00. The molecule has 0 radical (unpaired) electrons. The summed E-state index contributed by atoms with van der Waals surface area (Å²) in [5, 5.41) is 2.87. The molecule has 3 atom stereocenters. The van der Waals surface area contributed by atoms with Gasteiger partial charge in [0.25, 0.3) is 11.5 Å². The minimum atomic E-state index is -0.956. The highest BCUT2D eigenvalue weighted by atomic mass is 16.5. The number of amides is 1. The van der Waals surface area contributed by atoms with Gasteiger partial charge in [-0.3, -0.25) is 14.6 Å². The van der Waals surface area contributed by atoms with E-state index in [9.17, 15) is 19.2 Å². The van der Waals surface area contributed by atoms with Crippen LogP contribution in [-0.4, -0.2) is 34.5 Å². The molecular weight excluding hydrogens is 302 g/mol. The van der Waals surface area contributed by atoms with Gasteiger partial charge in [0.15, 0.2) is 6.61 Å². The number of H-pyrrole nitrogens is 2. The summed E-state index contributed by atoms with van der Waals surface area (Å²) in [6.45, 7) is 3.79. The molecule has 1 aliphatic carbocycles. The lowest BCUT2D eigenvalue weighted by Crippen LogP contribution is -2.45. The molecule has 1 aromatic rings. The highest BCUT2D eigenvalue weighted by Crippen LogP contribution is 2.29. The van der Waals surface area contributed by atoms with Crippen LogP contribution >= 0.6 is 0 Å². The van der Waals surface area contributed by atoms with Crippen molar-refractivity contribution < 1.29 is 14.3 Å². The second kappa shape index (κ2) is 7.26. The molecule has 1 heterocycles. The van der Waals surface area contributed by atoms with E-state index >= 15 is 0 Å². The number of hydrogen-bond donors (Lipinski definition) is 3. The Bertz CT molecular complexity index is 693. The molecule has 0 unspecified atom stereocenters. The van der Waals surface area contributed by atoms with Crippen molar-refractivity contribution >= 4 is 11.9 Å². The summed E-state index contributed by atoms with van der Waals surface area (Å²) in [5.74, 6) is -0.449. The van der Waals surface area contributed by atoms with Crippen LogP contribution < -0.4 is 16.6 Å². The monoisotopic (exact) mass is 323 g/mol. The number of rotatable bonds is 4. The first-order chi connectivity index (χ1) is 10.9. The van der Waals surface area contributed by atoms with Crippen molar-refractivity contribution in [2.24, 2.45) is 11.8 Å². The molecule has 0 saturated heterocycles. The molecule has 0 aliphatic heterocycles. The van der Waals surface area contributed by atoms with E-state index in [4.69, 9.17) is 4.74 Å². The molecule has 23 heavy (non-hydrogen) atoms. The third kappa shape index (κ3) is 4.30. The van der Waals surface area contributed by atoms with Crippen molar-refractivity contribution in [3.63, 3.8) is 0 Å². The minimum absolute atomic E-state index is 0.0708. The third-order valence-electron chi connectivity index (χ3n) is 4.43. The van der Waals surface area contributed by atoms with Gasteiger partial charge in [0.05, 0.1) is 0 Å². The van der Waals surface area contributed by atoms with E-state index in [-0.39, 0.29) is 11.6 Å². The van der Waals surface area contributed by atoms with Crippen molar-refractivity contribution in [1.29, 1.82) is 0 Å². The minimum Gasteiger partial charge on any atom is -0.452 e. The highest BCUT2D eigenvalue weighted by Gasteiger charge is 2.28. The largest absolute Gasteiger partial charge is 0.452 e. The molecule has 1 amide bonds. The van der Waals surface area contributed by atoms with Gasteiger partial charge in [0, 0.05) is 12.2 Å². The van der Waals surface area contributed by atoms with Gasteiger partial charge in [-0.1, -0.05) is 26.7 Å². The summed E-state index contributed by atoms with van der Waals surface area (Å²) in [5.41, 5.74) is -1.92. The number of aromatic amines is 2. The molecular formula is C15H21N3O5. The van der Waals surface area contributed by atoms with Crippen LogP contribution in [0.2, 0.25) is 0 Å². The van der Waals surface area contributed by atoms with Crippen LogP contribution in [0.3, 0.4) is 0 Å². The van der Waals surface area contributed by atoms with Crippen LogP contribution in [0.4, 0.5) is 0 Å². The Morgan fingerprint density at radius 2 is 2.04 bits per heavy atom. The molecule has 3 N–H and O–H groups in total. The summed E-state index contributed by atoms with van der Waals surface area (Å²) in [6.07, 6.45) is 4.08. The molecule has 1 aliphatic rings. The Kier molecular flexibility index (Phi) is 5.36. The molecule has 126 valence electrons. The average molecular weight is 323 g/mol. The van der Waals surface area contributed by atoms with Crippen LogP contribution in [-0.2, 0) is 9.53 Å². The lowest BCUT2D eigenvalue weighted by Gasteiger charge is -2.34. The van der Waals surface area contributed by atoms with E-state index in [1.807, 2.05) is 4.98 Å². The molecule has 1 saturated carbocycles. The predicted octanol–water partition coefficient (Wildman–Crippen LogP) is 0.161. The van der Waals surface area contributed by atoms with Crippen LogP contribution in [0, 0.1) is 11.8 Å². The summed E-state index contributed by atoms with van der Waals surface area (Å²) < 4.78 is 4.82. The van der Waals surface area contributed by atoms with Crippen molar-refractivity contribution in [2.45, 2.75) is 39.2 Å². The van der Waals surface area contributed by atoms with Crippen molar-refractivity contribution in [3.8, 4) is 0 Å². The second-order valence-electron chi connectivity index (χ2n) is 6.00. The molecule has 0 aromatic carbocycles. The van der Waals surface area contributed by atoms with Crippen molar-refractivity contribution in [1.82, 2.24) is 15.3 Å². The molecule has 2 rings (SSSR count). The number of nitrogens with one attached hydrogen (secondary N) is 3. The van der Waals surface area contributed by atoms with Crippen LogP contribution in [0.5, 0.6) is 0 Å². The number of hydrogen-bond acceptors (Lipinski definition) is 5. The number of carbonyl (C=O) groups excluding carboxylic acids is 2. The Hall–Kier alpha value is -2.38. The maximum Gasteiger partial charge on any atom is 0.345 e. The molecule has 1 fully saturated rings. The molecule has 1 aromatic heterocycles. The fourth-order valence-electron chi connectivity index (χ4n) is 2.80. The summed E-state index contributed by atoms with van der Waals surface area (Å²) in [4.78, 5) is 50.1. The first-order valence-electron chi connectivity index (χ1n) is 7.67. The van der Waals surface area contributed by atoms with E-state index in [2.05, 4.69) is 24.1 Å². The Morgan fingerprint density at radius 3 is 2.74 bits per heavy atom. The van der Waals surface area contributed by atoms with Crippen molar-refractivity contribution in [3.05, 3.63) is 32.6 Å². The lowest BCUT2D eigenvalue weighted by molar-refractivity contribution is -0.125. The zero-order chi connectivity index (χ0) is 17.0. The van der Waals surface area contributed by atoms with E-state index in [1.54, 1.807) is 0 Å². The first kappa shape index (κ1) is 17.0. The first-order valence-corrected chi connectivity index (χ1v) is 7.67. The van der Waals surface area contributed by atoms with Crippen LogP contribution in [0.25, 0.3) is 0 Å². The van der Waals surface area contributed by atoms with E-state index in [0.29, 0.717) is 11.8 Å². The standard InChI is InChI=1S/C15H21N3O5/c1-8-4-3-5-11(9(8)2)17-12(19)7-23-14(21)10-6-16-15(22)18-13(10)20/h6,8-9,11H,3-5,7H2,1-2H3,(H,17,19)(H2,16,18,20,22)/t8-,9+,11+/m0/s1. The van der Waals surface area contributed by atoms with Gasteiger partial charge in [0.2, 0.25) is 0 Å². The molecule has 0 spiro atoms. The lowest BCUT2D eigenvalue weighted by atomic mass is 9.78. The Labute approximate surface area is 132 Å². The number of aromatic nitrogens is 2. The van der Waals surface area contributed by atoms with Gasteiger partial charge >= 0.3 is 11.7 Å². The molecule has 8 nitrogen and oxygen atoms in total. The maximum absolute atomic E-state index is 11.9. The zero-order valence-corrected chi connectivity index (χ0v) is 13.2. The average Bonchev–Trinajstić information content (AvgIpc) is 2.49. The fraction of sp³-hybridized carbons (Fsp3) is 0.600. The van der Waals surface area contributed by atoms with Gasteiger partial charge in [-0.15, -0.1) is 0 Å². The van der Waals surface area contributed by atoms with Crippen molar-refractivity contribution in [2.75, 3.05) is 6.61 Å². The van der Waals surface area contributed by atoms with Crippen LogP contribution in [0.15, 0.2) is 15.8 Å². The van der Waals surface area contributed by atoms with Gasteiger partial charge in [0.1, 0.15) is 5.56 Å². The normalized spacial score (nSPS) is 24.0. The zero-order valence-electron chi connectivity index (χ0n) is 13.2. The van der Waals surface area contributed by atoms with Gasteiger partial charge in [-0.25, -0.2) is 9.59 Å². The number of ether oxygens (including phenoxy) is 1. The Morgan fingerprint density at radius 1 is 1.30 bits per heavy atom. The van der Waals surface area contributed by atoms with Gasteiger partial charge < -0.3 is 15.0 Å². The predicted molar refractivity (Wildman–Crippen MR) is 82.1 cm³/mol. The smallest absolute Gasteiger partial charge is 0.345 e. The van der Waals surface area contributed by atoms with Crippen LogP contribution in [0.1, 0.15) is 43.5 Å². The maximum atomic E-state index is 11.9. The number of carbonyl (C=O) groups is 2. The van der Waals surface area contributed by atoms with Gasteiger partial charge in [-0.05, 0) is 18.3 Å². The molecule has 0 bridgehead atoms. The Balaban J connectivity index is 1.87. The topological polar surface area (TPSA) is 121 Å². The van der Waals surface area contributed by atoms with E-state index in [0.717, 1.165) is 25.5 Å².